The van der Waals surface area contributed by atoms with E-state index in [0.29, 0.717) is 10.5 Å². The Morgan fingerprint density at radius 1 is 1.15 bits per heavy atom. The largest absolute Gasteiger partial charge is 0.491 e. The fourth-order valence-corrected chi connectivity index (χ4v) is 5.30. The van der Waals surface area contributed by atoms with Gasteiger partial charge < -0.3 is 10.5 Å². The molecule has 2 nitrogen and oxygen atoms in total. The van der Waals surface area contributed by atoms with Crippen LogP contribution >= 0.6 is 23.5 Å². The first-order valence-electron chi connectivity index (χ1n) is 7.26. The molecular formula is C16H25NOS2. The summed E-state index contributed by atoms with van der Waals surface area (Å²) in [5, 5.41) is 1.90. The average molecular weight is 312 g/mol. The summed E-state index contributed by atoms with van der Waals surface area (Å²) in [5.41, 5.74) is 7.66. The van der Waals surface area contributed by atoms with Gasteiger partial charge in [0.15, 0.2) is 0 Å². The van der Waals surface area contributed by atoms with Gasteiger partial charge in [0.2, 0.25) is 0 Å². The Bertz CT molecular complexity index is 421. The second-order valence-corrected chi connectivity index (χ2v) is 8.71. The molecule has 1 aliphatic heterocycles. The van der Waals surface area contributed by atoms with Crippen LogP contribution in [-0.4, -0.2) is 27.6 Å². The first-order valence-corrected chi connectivity index (χ1v) is 9.25. The number of hydrogen-bond acceptors (Lipinski definition) is 4. The molecule has 1 fully saturated rings. The molecule has 4 heteroatoms. The SMILES string of the molecule is CC(C)Oc1ccc(C(N)C2CSC(C)C(C)S2)cc1. The smallest absolute Gasteiger partial charge is 0.119 e. The third-order valence-electron chi connectivity index (χ3n) is 3.61. The van der Waals surface area contributed by atoms with Crippen LogP contribution in [0.1, 0.15) is 39.3 Å². The van der Waals surface area contributed by atoms with Crippen LogP contribution in [0.15, 0.2) is 24.3 Å². The first-order chi connectivity index (χ1) is 9.47. The fourth-order valence-electron chi connectivity index (χ4n) is 2.25. The van der Waals surface area contributed by atoms with E-state index >= 15 is 0 Å². The van der Waals surface area contributed by atoms with Gasteiger partial charge in [0.1, 0.15) is 5.75 Å². The lowest BCUT2D eigenvalue weighted by Crippen LogP contribution is -2.34. The minimum Gasteiger partial charge on any atom is -0.491 e. The van der Waals surface area contributed by atoms with E-state index in [-0.39, 0.29) is 12.1 Å². The van der Waals surface area contributed by atoms with Crippen molar-refractivity contribution in [2.24, 2.45) is 5.73 Å². The molecule has 0 bridgehead atoms. The number of thioether (sulfide) groups is 2. The highest BCUT2D eigenvalue weighted by atomic mass is 32.2. The summed E-state index contributed by atoms with van der Waals surface area (Å²) in [6.45, 7) is 8.69. The van der Waals surface area contributed by atoms with Crippen LogP contribution < -0.4 is 10.5 Å². The third kappa shape index (κ3) is 4.09. The van der Waals surface area contributed by atoms with Gasteiger partial charge >= 0.3 is 0 Å². The number of benzene rings is 1. The van der Waals surface area contributed by atoms with Crippen LogP contribution in [-0.2, 0) is 0 Å². The van der Waals surface area contributed by atoms with Gasteiger partial charge in [-0.15, -0.1) is 0 Å². The van der Waals surface area contributed by atoms with E-state index in [4.69, 9.17) is 10.5 Å². The lowest BCUT2D eigenvalue weighted by Gasteiger charge is -2.34. The quantitative estimate of drug-likeness (QED) is 0.908. The third-order valence-corrected chi connectivity index (χ3v) is 7.13. The van der Waals surface area contributed by atoms with Crippen LogP contribution in [0.25, 0.3) is 0 Å². The molecule has 0 aliphatic carbocycles. The molecule has 1 aromatic rings. The Hall–Kier alpha value is -0.320. The van der Waals surface area contributed by atoms with Crippen molar-refractivity contribution in [3.05, 3.63) is 29.8 Å². The van der Waals surface area contributed by atoms with Gasteiger partial charge in [-0.25, -0.2) is 0 Å². The topological polar surface area (TPSA) is 35.2 Å². The van der Waals surface area contributed by atoms with Gasteiger partial charge in [0, 0.05) is 27.5 Å². The standard InChI is InChI=1S/C16H25NOS2/c1-10(2)18-14-7-5-13(6-8-14)16(17)15-9-19-11(3)12(4)20-15/h5-8,10-12,15-16H,9,17H2,1-4H3. The molecule has 2 rings (SSSR count). The molecule has 2 N–H and O–H groups in total. The zero-order chi connectivity index (χ0) is 14.7. The molecule has 0 spiro atoms. The summed E-state index contributed by atoms with van der Waals surface area (Å²) < 4.78 is 5.68. The molecule has 0 amide bonds. The van der Waals surface area contributed by atoms with E-state index < -0.39 is 0 Å². The molecule has 1 aliphatic rings. The van der Waals surface area contributed by atoms with E-state index in [1.807, 2.05) is 49.5 Å². The van der Waals surface area contributed by atoms with Crippen molar-refractivity contribution in [1.82, 2.24) is 0 Å². The van der Waals surface area contributed by atoms with E-state index in [9.17, 15) is 0 Å². The Kier molecular flexibility index (Phi) is 5.70. The maximum Gasteiger partial charge on any atom is 0.119 e. The highest BCUT2D eigenvalue weighted by Gasteiger charge is 2.30. The molecule has 0 saturated carbocycles. The first kappa shape index (κ1) is 16.1. The number of rotatable bonds is 4. The van der Waals surface area contributed by atoms with Crippen molar-refractivity contribution in [2.75, 3.05) is 5.75 Å². The minimum atomic E-state index is 0.107. The van der Waals surface area contributed by atoms with Gasteiger partial charge in [0.25, 0.3) is 0 Å². The molecule has 1 heterocycles. The molecule has 0 radical (unpaired) electrons. The van der Waals surface area contributed by atoms with E-state index in [1.54, 1.807) is 0 Å². The Labute approximate surface area is 131 Å². The molecule has 4 atom stereocenters. The van der Waals surface area contributed by atoms with Crippen LogP contribution in [0.5, 0.6) is 5.75 Å². The number of hydrogen-bond donors (Lipinski definition) is 1. The summed E-state index contributed by atoms with van der Waals surface area (Å²) in [7, 11) is 0. The van der Waals surface area contributed by atoms with Crippen molar-refractivity contribution in [2.45, 2.75) is 55.6 Å². The van der Waals surface area contributed by atoms with Crippen molar-refractivity contribution in [3.8, 4) is 5.75 Å². The fraction of sp³-hybridized carbons (Fsp3) is 0.625. The average Bonchev–Trinajstić information content (AvgIpc) is 2.41. The number of nitrogens with two attached hydrogens (primary N) is 1. The molecule has 1 aromatic carbocycles. The molecule has 20 heavy (non-hydrogen) atoms. The van der Waals surface area contributed by atoms with Gasteiger partial charge in [-0.05, 0) is 31.5 Å². The lowest BCUT2D eigenvalue weighted by molar-refractivity contribution is 0.242. The lowest BCUT2D eigenvalue weighted by atomic mass is 10.1. The molecule has 4 unspecified atom stereocenters. The van der Waals surface area contributed by atoms with Gasteiger partial charge in [-0.1, -0.05) is 26.0 Å². The van der Waals surface area contributed by atoms with Gasteiger partial charge in [-0.2, -0.15) is 23.5 Å². The summed E-state index contributed by atoms with van der Waals surface area (Å²) in [6, 6.07) is 8.38. The zero-order valence-corrected chi connectivity index (χ0v) is 14.3. The normalized spacial score (nSPS) is 28.4. The van der Waals surface area contributed by atoms with E-state index in [0.717, 1.165) is 16.8 Å². The maximum absolute atomic E-state index is 6.45. The van der Waals surface area contributed by atoms with Crippen molar-refractivity contribution in [3.63, 3.8) is 0 Å². The Morgan fingerprint density at radius 3 is 2.35 bits per heavy atom. The predicted molar refractivity (Wildman–Crippen MR) is 91.9 cm³/mol. The van der Waals surface area contributed by atoms with Crippen LogP contribution in [0.4, 0.5) is 0 Å². The number of ether oxygens (including phenoxy) is 1. The second-order valence-electron chi connectivity index (χ2n) is 5.68. The van der Waals surface area contributed by atoms with Crippen molar-refractivity contribution in [1.29, 1.82) is 0 Å². The molecular weight excluding hydrogens is 286 g/mol. The monoisotopic (exact) mass is 311 g/mol. The summed E-state index contributed by atoms with van der Waals surface area (Å²) in [4.78, 5) is 0. The van der Waals surface area contributed by atoms with Gasteiger partial charge in [-0.3, -0.25) is 0 Å². The summed E-state index contributed by atoms with van der Waals surface area (Å²) >= 11 is 4.08. The summed E-state index contributed by atoms with van der Waals surface area (Å²) in [6.07, 6.45) is 0.210. The van der Waals surface area contributed by atoms with E-state index in [2.05, 4.69) is 26.0 Å². The zero-order valence-electron chi connectivity index (χ0n) is 12.7. The maximum atomic E-state index is 6.45. The van der Waals surface area contributed by atoms with Crippen LogP contribution in [0.3, 0.4) is 0 Å². The molecule has 0 aromatic heterocycles. The van der Waals surface area contributed by atoms with Gasteiger partial charge in [0.05, 0.1) is 6.10 Å². The minimum absolute atomic E-state index is 0.107. The Balaban J connectivity index is 2.00. The highest BCUT2D eigenvalue weighted by Crippen LogP contribution is 2.40. The highest BCUT2D eigenvalue weighted by molar-refractivity contribution is 8.07. The van der Waals surface area contributed by atoms with Crippen molar-refractivity contribution < 1.29 is 4.74 Å². The van der Waals surface area contributed by atoms with Crippen molar-refractivity contribution >= 4 is 23.5 Å². The Morgan fingerprint density at radius 2 is 1.80 bits per heavy atom. The second kappa shape index (κ2) is 7.10. The predicted octanol–water partition coefficient (Wildman–Crippen LogP) is 4.10. The molecule has 112 valence electrons. The van der Waals surface area contributed by atoms with Crippen LogP contribution in [0.2, 0.25) is 0 Å². The van der Waals surface area contributed by atoms with E-state index in [1.165, 1.54) is 5.56 Å². The van der Waals surface area contributed by atoms with Crippen LogP contribution in [0, 0.1) is 0 Å². The summed E-state index contributed by atoms with van der Waals surface area (Å²) in [5.74, 6) is 2.06. The molecule has 1 saturated heterocycles.